The number of hydrogen-bond acceptors (Lipinski definition) is 4. The predicted octanol–water partition coefficient (Wildman–Crippen LogP) is 2.27. The summed E-state index contributed by atoms with van der Waals surface area (Å²) in [5, 5.41) is 0. The number of rotatable bonds is 5. The molecule has 100 valence electrons. The molecule has 0 aliphatic heterocycles. The van der Waals surface area contributed by atoms with Crippen LogP contribution in [0.5, 0.6) is 11.5 Å². The van der Waals surface area contributed by atoms with Crippen LogP contribution in [0.2, 0.25) is 0 Å². The molecule has 5 heteroatoms. The number of nitrogens with two attached hydrogens (primary N) is 1. The zero-order chi connectivity index (χ0) is 13.7. The third-order valence-corrected chi connectivity index (χ3v) is 2.62. The molecule has 0 amide bonds. The van der Waals surface area contributed by atoms with Crippen LogP contribution >= 0.6 is 0 Å². The molecule has 2 aromatic rings. The monoisotopic (exact) mass is 262 g/mol. The average molecular weight is 262 g/mol. The fourth-order valence-corrected chi connectivity index (χ4v) is 1.65. The van der Waals surface area contributed by atoms with Crippen molar-refractivity contribution in [1.29, 1.82) is 0 Å². The van der Waals surface area contributed by atoms with Crippen molar-refractivity contribution in [2.75, 3.05) is 7.11 Å². The van der Waals surface area contributed by atoms with E-state index in [-0.39, 0.29) is 12.4 Å². The summed E-state index contributed by atoms with van der Waals surface area (Å²) in [6.45, 7) is 0.660. The van der Waals surface area contributed by atoms with Crippen LogP contribution < -0.4 is 15.2 Å². The molecule has 2 N–H and O–H groups in total. The van der Waals surface area contributed by atoms with Gasteiger partial charge in [0.1, 0.15) is 12.4 Å². The molecule has 1 aromatic carbocycles. The minimum atomic E-state index is -0.383. The van der Waals surface area contributed by atoms with Crippen molar-refractivity contribution in [1.82, 2.24) is 4.98 Å². The van der Waals surface area contributed by atoms with E-state index in [0.29, 0.717) is 23.6 Å². The maximum absolute atomic E-state index is 13.0. The first-order valence-corrected chi connectivity index (χ1v) is 5.82. The number of ether oxygens (including phenoxy) is 2. The molecule has 0 atom stereocenters. The number of methoxy groups -OCH3 is 1. The molecule has 0 fully saturated rings. The van der Waals surface area contributed by atoms with E-state index in [4.69, 9.17) is 15.2 Å². The third-order valence-electron chi connectivity index (χ3n) is 2.62. The predicted molar refractivity (Wildman–Crippen MR) is 69.4 cm³/mol. The minimum Gasteiger partial charge on any atom is -0.493 e. The Morgan fingerprint density at radius 1 is 1.16 bits per heavy atom. The molecule has 1 heterocycles. The summed E-state index contributed by atoms with van der Waals surface area (Å²) in [4.78, 5) is 3.76. The summed E-state index contributed by atoms with van der Waals surface area (Å²) < 4.78 is 23.8. The molecule has 19 heavy (non-hydrogen) atoms. The quantitative estimate of drug-likeness (QED) is 0.898. The lowest BCUT2D eigenvalue weighted by atomic mass is 10.2. The van der Waals surface area contributed by atoms with Crippen LogP contribution in [-0.2, 0) is 13.2 Å². The standard InChI is InChI=1S/C14H15FN2O2/c1-18-14-5-10(6-16)2-3-13(14)19-9-11-4-12(15)8-17-7-11/h2-5,7-8H,6,9,16H2,1H3. The van der Waals surface area contributed by atoms with Crippen LogP contribution in [0.15, 0.2) is 36.7 Å². The first kappa shape index (κ1) is 13.3. The Morgan fingerprint density at radius 2 is 2.00 bits per heavy atom. The van der Waals surface area contributed by atoms with Crippen molar-refractivity contribution in [2.24, 2.45) is 5.73 Å². The van der Waals surface area contributed by atoms with Crippen LogP contribution in [-0.4, -0.2) is 12.1 Å². The average Bonchev–Trinajstić information content (AvgIpc) is 2.45. The second-order valence-corrected chi connectivity index (χ2v) is 3.99. The fraction of sp³-hybridized carbons (Fsp3) is 0.214. The highest BCUT2D eigenvalue weighted by Crippen LogP contribution is 2.28. The van der Waals surface area contributed by atoms with Crippen molar-refractivity contribution in [2.45, 2.75) is 13.2 Å². The maximum atomic E-state index is 13.0. The van der Waals surface area contributed by atoms with Crippen molar-refractivity contribution in [3.63, 3.8) is 0 Å². The van der Waals surface area contributed by atoms with Crippen LogP contribution in [0.1, 0.15) is 11.1 Å². The Bertz CT molecular complexity index is 561. The number of hydrogen-bond donors (Lipinski definition) is 1. The molecule has 0 unspecified atom stereocenters. The summed E-state index contributed by atoms with van der Waals surface area (Å²) in [5.74, 6) is 0.808. The van der Waals surface area contributed by atoms with Crippen LogP contribution in [0.3, 0.4) is 0 Å². The highest BCUT2D eigenvalue weighted by molar-refractivity contribution is 5.43. The number of aromatic nitrogens is 1. The molecule has 2 rings (SSSR count). The van der Waals surface area contributed by atoms with Gasteiger partial charge in [0.2, 0.25) is 0 Å². The first-order chi connectivity index (χ1) is 9.22. The molecule has 0 bridgehead atoms. The summed E-state index contributed by atoms with van der Waals surface area (Å²) in [6.07, 6.45) is 2.71. The molecule has 0 aliphatic rings. The lowest BCUT2D eigenvalue weighted by molar-refractivity contribution is 0.283. The summed E-state index contributed by atoms with van der Waals surface area (Å²) in [6, 6.07) is 6.85. The summed E-state index contributed by atoms with van der Waals surface area (Å²) >= 11 is 0. The van der Waals surface area contributed by atoms with Crippen LogP contribution in [0, 0.1) is 5.82 Å². The van der Waals surface area contributed by atoms with Crippen LogP contribution in [0.25, 0.3) is 0 Å². The molecule has 4 nitrogen and oxygen atoms in total. The smallest absolute Gasteiger partial charge is 0.161 e. The van der Waals surface area contributed by atoms with Gasteiger partial charge in [0.05, 0.1) is 13.3 Å². The van der Waals surface area contributed by atoms with Crippen molar-refractivity contribution < 1.29 is 13.9 Å². The van der Waals surface area contributed by atoms with E-state index in [2.05, 4.69) is 4.98 Å². The number of pyridine rings is 1. The van der Waals surface area contributed by atoms with Gasteiger partial charge in [0.25, 0.3) is 0 Å². The Hall–Kier alpha value is -2.14. The van der Waals surface area contributed by atoms with Gasteiger partial charge in [-0.2, -0.15) is 0 Å². The van der Waals surface area contributed by atoms with Crippen molar-refractivity contribution >= 4 is 0 Å². The minimum absolute atomic E-state index is 0.225. The van der Waals surface area contributed by atoms with E-state index in [9.17, 15) is 4.39 Å². The lowest BCUT2D eigenvalue weighted by Crippen LogP contribution is -2.01. The second kappa shape index (κ2) is 6.15. The normalized spacial score (nSPS) is 10.3. The highest BCUT2D eigenvalue weighted by atomic mass is 19.1. The zero-order valence-electron chi connectivity index (χ0n) is 10.6. The van der Waals surface area contributed by atoms with Gasteiger partial charge in [-0.05, 0) is 23.8 Å². The van der Waals surface area contributed by atoms with Gasteiger partial charge < -0.3 is 15.2 Å². The Kier molecular flexibility index (Phi) is 4.30. The van der Waals surface area contributed by atoms with Gasteiger partial charge in [-0.1, -0.05) is 6.07 Å². The molecule has 0 saturated carbocycles. The summed E-state index contributed by atoms with van der Waals surface area (Å²) in [5.41, 5.74) is 7.17. The Morgan fingerprint density at radius 3 is 2.68 bits per heavy atom. The van der Waals surface area contributed by atoms with Crippen LogP contribution in [0.4, 0.5) is 4.39 Å². The Labute approximate surface area is 111 Å². The van der Waals surface area contributed by atoms with E-state index in [1.54, 1.807) is 19.4 Å². The largest absolute Gasteiger partial charge is 0.493 e. The maximum Gasteiger partial charge on any atom is 0.161 e. The zero-order valence-corrected chi connectivity index (χ0v) is 10.6. The SMILES string of the molecule is COc1cc(CN)ccc1OCc1cncc(F)c1. The molecule has 0 saturated heterocycles. The van der Waals surface area contributed by atoms with Gasteiger partial charge in [0.15, 0.2) is 11.5 Å². The molecule has 1 aromatic heterocycles. The topological polar surface area (TPSA) is 57.4 Å². The van der Waals surface area contributed by atoms with E-state index >= 15 is 0 Å². The molecule has 0 spiro atoms. The molecular weight excluding hydrogens is 247 g/mol. The highest BCUT2D eigenvalue weighted by Gasteiger charge is 2.06. The number of halogens is 1. The van der Waals surface area contributed by atoms with E-state index in [1.165, 1.54) is 6.07 Å². The van der Waals surface area contributed by atoms with Crippen molar-refractivity contribution in [3.05, 3.63) is 53.6 Å². The van der Waals surface area contributed by atoms with E-state index in [0.717, 1.165) is 11.8 Å². The third kappa shape index (κ3) is 3.42. The molecular formula is C14H15FN2O2. The number of nitrogens with zero attached hydrogens (tertiary/aromatic N) is 1. The van der Waals surface area contributed by atoms with Crippen molar-refractivity contribution in [3.8, 4) is 11.5 Å². The van der Waals surface area contributed by atoms with E-state index < -0.39 is 0 Å². The Balaban J connectivity index is 2.11. The molecule has 0 aliphatic carbocycles. The van der Waals surface area contributed by atoms with Gasteiger partial charge in [-0.3, -0.25) is 4.98 Å². The van der Waals surface area contributed by atoms with Gasteiger partial charge in [-0.15, -0.1) is 0 Å². The lowest BCUT2D eigenvalue weighted by Gasteiger charge is -2.11. The van der Waals surface area contributed by atoms with E-state index in [1.807, 2.05) is 12.1 Å². The van der Waals surface area contributed by atoms with Gasteiger partial charge in [0, 0.05) is 18.3 Å². The first-order valence-electron chi connectivity index (χ1n) is 5.82. The fourth-order valence-electron chi connectivity index (χ4n) is 1.65. The van der Waals surface area contributed by atoms with Gasteiger partial charge >= 0.3 is 0 Å². The number of benzene rings is 1. The summed E-state index contributed by atoms with van der Waals surface area (Å²) in [7, 11) is 1.56. The molecule has 0 radical (unpaired) electrons. The van der Waals surface area contributed by atoms with Gasteiger partial charge in [-0.25, -0.2) is 4.39 Å². The second-order valence-electron chi connectivity index (χ2n) is 3.99.